The largest absolute Gasteiger partial charge is 0.459 e. The second kappa shape index (κ2) is 12.5. The maximum atomic E-state index is 12.7. The number of fused-ring (bicyclic) bond motifs is 1. The zero-order valence-electron chi connectivity index (χ0n) is 26.3. The zero-order chi connectivity index (χ0) is 30.9. The molecule has 10 nitrogen and oxygen atoms in total. The number of carbonyl (C=O) groups excluding carboxylic acids is 2. The molecular formula is C31H48N4O6S. The topological polar surface area (TPSA) is 111 Å². The van der Waals surface area contributed by atoms with Crippen LogP contribution in [0, 0.1) is 5.92 Å². The van der Waals surface area contributed by atoms with E-state index in [0.717, 1.165) is 68.3 Å². The second-order valence-electron chi connectivity index (χ2n) is 13.9. The molecule has 3 heterocycles. The van der Waals surface area contributed by atoms with E-state index >= 15 is 0 Å². The summed E-state index contributed by atoms with van der Waals surface area (Å²) in [5.74, 6) is 0.390. The molecular weight excluding hydrogens is 556 g/mol. The lowest BCUT2D eigenvalue weighted by atomic mass is 9.89. The van der Waals surface area contributed by atoms with E-state index in [9.17, 15) is 18.0 Å². The molecule has 0 unspecified atom stereocenters. The van der Waals surface area contributed by atoms with E-state index < -0.39 is 21.2 Å². The van der Waals surface area contributed by atoms with Crippen LogP contribution in [0.15, 0.2) is 18.2 Å². The monoisotopic (exact) mass is 604 g/mol. The van der Waals surface area contributed by atoms with Crippen LogP contribution in [0.2, 0.25) is 0 Å². The number of carbonyl (C=O) groups is 2. The first-order chi connectivity index (χ1) is 19.5. The van der Waals surface area contributed by atoms with Gasteiger partial charge in [-0.2, -0.15) is 9.19 Å². The van der Waals surface area contributed by atoms with Crippen molar-refractivity contribution in [2.75, 3.05) is 39.0 Å². The number of aromatic nitrogens is 2. The van der Waals surface area contributed by atoms with Gasteiger partial charge >= 0.3 is 12.1 Å². The molecule has 2 aromatic rings. The van der Waals surface area contributed by atoms with Crippen LogP contribution >= 0.6 is 0 Å². The lowest BCUT2D eigenvalue weighted by Gasteiger charge is -2.33. The van der Waals surface area contributed by atoms with Gasteiger partial charge in [-0.25, -0.2) is 13.2 Å². The average Bonchev–Trinajstić information content (AvgIpc) is 3.25. The van der Waals surface area contributed by atoms with Gasteiger partial charge in [0.1, 0.15) is 11.2 Å². The fourth-order valence-electron chi connectivity index (χ4n) is 5.89. The van der Waals surface area contributed by atoms with Crippen molar-refractivity contribution in [3.05, 3.63) is 29.5 Å². The van der Waals surface area contributed by atoms with Crippen LogP contribution in [0.4, 0.5) is 4.79 Å². The minimum Gasteiger partial charge on any atom is -0.459 e. The first-order valence-electron chi connectivity index (χ1n) is 15.1. The van der Waals surface area contributed by atoms with Crippen molar-refractivity contribution in [2.45, 2.75) is 97.2 Å². The third kappa shape index (κ3) is 8.69. The molecule has 0 bridgehead atoms. The molecule has 1 aromatic heterocycles. The van der Waals surface area contributed by atoms with Gasteiger partial charge in [0.25, 0.3) is 10.0 Å². The normalized spacial score (nSPS) is 18.4. The number of rotatable bonds is 7. The minimum atomic E-state index is -3.59. The van der Waals surface area contributed by atoms with Crippen LogP contribution in [-0.4, -0.2) is 89.6 Å². The van der Waals surface area contributed by atoms with Crippen molar-refractivity contribution in [1.82, 2.24) is 19.0 Å². The molecule has 2 aliphatic rings. The van der Waals surface area contributed by atoms with Crippen LogP contribution in [0.5, 0.6) is 0 Å². The standard InChI is InChI=1S/C31H48N4O6S/c1-30(2,3)40-27(36)21-33-16-14-24(15-17-33)28-25-11-10-23(20-26(25)35(32-28)42(7,38)39)9-8-22-12-18-34(19-13-22)29(37)41-31(4,5)6/h10-11,20,22,24H,8-9,12-19,21H2,1-7H3. The molecule has 0 atom stereocenters. The summed E-state index contributed by atoms with van der Waals surface area (Å²) >= 11 is 0. The molecule has 1 aromatic carbocycles. The van der Waals surface area contributed by atoms with Crippen molar-refractivity contribution in [3.8, 4) is 0 Å². The number of esters is 1. The molecule has 4 rings (SSSR count). The third-order valence-corrected chi connectivity index (χ3v) is 8.82. The summed E-state index contributed by atoms with van der Waals surface area (Å²) in [6.07, 6.45) is 6.20. The van der Waals surface area contributed by atoms with E-state index in [2.05, 4.69) is 16.1 Å². The highest BCUT2D eigenvalue weighted by atomic mass is 32.2. The Morgan fingerprint density at radius 1 is 0.929 bits per heavy atom. The Balaban J connectivity index is 1.39. The molecule has 0 N–H and O–H groups in total. The van der Waals surface area contributed by atoms with E-state index in [1.807, 2.05) is 53.7 Å². The van der Waals surface area contributed by atoms with Crippen molar-refractivity contribution >= 4 is 33.0 Å². The molecule has 0 spiro atoms. The Kier molecular flexibility index (Phi) is 9.62. The summed E-state index contributed by atoms with van der Waals surface area (Å²) in [4.78, 5) is 28.5. The smallest absolute Gasteiger partial charge is 0.410 e. The molecule has 0 saturated carbocycles. The van der Waals surface area contributed by atoms with Gasteiger partial charge in [0.2, 0.25) is 0 Å². The summed E-state index contributed by atoms with van der Waals surface area (Å²) in [7, 11) is -3.59. The SMILES string of the molecule is CC(C)(C)OC(=O)CN1CCC(c2nn(S(C)(=O)=O)c3cc(CCC4CCN(C(=O)OC(C)(C)C)CC4)ccc23)CC1. The fraction of sp³-hybridized carbons (Fsp3) is 0.710. The molecule has 2 saturated heterocycles. The van der Waals surface area contributed by atoms with Gasteiger partial charge in [-0.3, -0.25) is 9.69 Å². The van der Waals surface area contributed by atoms with Crippen LogP contribution in [0.1, 0.15) is 90.8 Å². The summed E-state index contributed by atoms with van der Waals surface area (Å²) < 4.78 is 37.6. The van der Waals surface area contributed by atoms with E-state index in [1.54, 1.807) is 4.90 Å². The molecule has 42 heavy (non-hydrogen) atoms. The summed E-state index contributed by atoms with van der Waals surface area (Å²) in [5, 5.41) is 5.50. The number of aryl methyl sites for hydroxylation is 1. The van der Waals surface area contributed by atoms with Crippen LogP contribution in [0.3, 0.4) is 0 Å². The second-order valence-corrected chi connectivity index (χ2v) is 15.7. The number of benzene rings is 1. The predicted octanol–water partition coefficient (Wildman–Crippen LogP) is 4.94. The van der Waals surface area contributed by atoms with Crippen molar-refractivity contribution in [2.24, 2.45) is 5.92 Å². The maximum absolute atomic E-state index is 12.7. The van der Waals surface area contributed by atoms with Crippen LogP contribution < -0.4 is 0 Å². The van der Waals surface area contributed by atoms with Gasteiger partial charge in [0.05, 0.1) is 24.0 Å². The van der Waals surface area contributed by atoms with Gasteiger partial charge in [0.15, 0.2) is 0 Å². The molecule has 11 heteroatoms. The van der Waals surface area contributed by atoms with E-state index in [0.29, 0.717) is 24.5 Å². The average molecular weight is 605 g/mol. The van der Waals surface area contributed by atoms with Crippen molar-refractivity contribution in [1.29, 1.82) is 0 Å². The Labute approximate surface area is 250 Å². The summed E-state index contributed by atoms with van der Waals surface area (Å²) in [6.45, 7) is 14.3. The van der Waals surface area contributed by atoms with Gasteiger partial charge in [0, 0.05) is 24.4 Å². The summed E-state index contributed by atoms with van der Waals surface area (Å²) in [6, 6.07) is 6.08. The van der Waals surface area contributed by atoms with Crippen LogP contribution in [-0.2, 0) is 30.7 Å². The number of hydrogen-bond donors (Lipinski definition) is 0. The van der Waals surface area contributed by atoms with Gasteiger partial charge in [-0.15, -0.1) is 0 Å². The lowest BCUT2D eigenvalue weighted by Crippen LogP contribution is -2.41. The number of nitrogens with zero attached hydrogens (tertiary/aromatic N) is 4. The number of hydrogen-bond acceptors (Lipinski definition) is 8. The van der Waals surface area contributed by atoms with E-state index in [1.165, 1.54) is 10.3 Å². The number of amides is 1. The highest BCUT2D eigenvalue weighted by Gasteiger charge is 2.30. The first-order valence-corrected chi connectivity index (χ1v) is 17.0. The van der Waals surface area contributed by atoms with Crippen molar-refractivity contribution < 1.29 is 27.5 Å². The quantitative estimate of drug-likeness (QED) is 0.409. The van der Waals surface area contributed by atoms with Crippen molar-refractivity contribution in [3.63, 3.8) is 0 Å². The van der Waals surface area contributed by atoms with Gasteiger partial charge in [-0.05, 0) is 111 Å². The number of likely N-dealkylation sites (tertiary alicyclic amines) is 2. The first kappa shape index (κ1) is 32.3. The fourth-order valence-corrected chi connectivity index (χ4v) is 6.63. The van der Waals surface area contributed by atoms with Gasteiger partial charge in [-0.1, -0.05) is 12.1 Å². The number of piperidine rings is 2. The molecule has 0 radical (unpaired) electrons. The van der Waals surface area contributed by atoms with Gasteiger partial charge < -0.3 is 14.4 Å². The molecule has 0 aliphatic carbocycles. The predicted molar refractivity (Wildman–Crippen MR) is 163 cm³/mol. The Morgan fingerprint density at radius 2 is 1.55 bits per heavy atom. The molecule has 234 valence electrons. The highest BCUT2D eigenvalue weighted by Crippen LogP contribution is 2.34. The van der Waals surface area contributed by atoms with E-state index in [4.69, 9.17) is 9.47 Å². The summed E-state index contributed by atoms with van der Waals surface area (Å²) in [5.41, 5.74) is 1.52. The Bertz CT molecular complexity index is 1370. The minimum absolute atomic E-state index is 0.117. The number of ether oxygens (including phenoxy) is 2. The third-order valence-electron chi connectivity index (χ3n) is 7.91. The zero-order valence-corrected chi connectivity index (χ0v) is 27.1. The Morgan fingerprint density at radius 3 is 2.12 bits per heavy atom. The molecule has 2 aliphatic heterocycles. The highest BCUT2D eigenvalue weighted by molar-refractivity contribution is 7.89. The maximum Gasteiger partial charge on any atom is 0.410 e. The molecule has 2 fully saturated rings. The molecule has 1 amide bonds. The van der Waals surface area contributed by atoms with E-state index in [-0.39, 0.29) is 24.5 Å². The van der Waals surface area contributed by atoms with Crippen LogP contribution in [0.25, 0.3) is 10.9 Å². The Hall–Kier alpha value is -2.66. The lowest BCUT2D eigenvalue weighted by molar-refractivity contribution is -0.156.